The van der Waals surface area contributed by atoms with E-state index in [1.807, 2.05) is 41.6 Å². The molecule has 0 radical (unpaired) electrons. The molecule has 5 aromatic rings. The fourth-order valence-corrected chi connectivity index (χ4v) is 5.37. The first kappa shape index (κ1) is 27.3. The van der Waals surface area contributed by atoms with E-state index in [2.05, 4.69) is 15.1 Å². The van der Waals surface area contributed by atoms with Gasteiger partial charge in [0.2, 0.25) is 0 Å². The molecule has 1 aromatic carbocycles. The number of halogens is 5. The number of fused-ring (bicyclic) bond motifs is 1. The Morgan fingerprint density at radius 2 is 1.83 bits per heavy atom. The van der Waals surface area contributed by atoms with Crippen LogP contribution in [0.15, 0.2) is 48.9 Å². The van der Waals surface area contributed by atoms with Crippen LogP contribution in [0.1, 0.15) is 38.1 Å². The van der Waals surface area contributed by atoms with E-state index >= 15 is 0 Å². The predicted molar refractivity (Wildman–Crippen MR) is 149 cm³/mol. The second kappa shape index (κ2) is 10.2. The molecule has 8 nitrogen and oxygen atoms in total. The van der Waals surface area contributed by atoms with Gasteiger partial charge in [0, 0.05) is 30.5 Å². The van der Waals surface area contributed by atoms with Gasteiger partial charge >= 0.3 is 6.18 Å². The number of hydrogen-bond donors (Lipinski definition) is 0. The summed E-state index contributed by atoms with van der Waals surface area (Å²) in [6.07, 6.45) is -1.13. The summed E-state index contributed by atoms with van der Waals surface area (Å²) in [4.78, 5) is 10.4. The number of aromatic nitrogens is 7. The second-order valence-corrected chi connectivity index (χ2v) is 10.8. The van der Waals surface area contributed by atoms with Crippen LogP contribution in [0.25, 0.3) is 33.8 Å². The summed E-state index contributed by atoms with van der Waals surface area (Å²) in [5, 5.41) is 9.81. The number of hydrogen-bond acceptors (Lipinski definition) is 5. The average molecular weight is 587 g/mol. The molecule has 0 aliphatic carbocycles. The molecule has 0 atom stereocenters. The summed E-state index contributed by atoms with van der Waals surface area (Å²) < 4.78 is 58.8. The Morgan fingerprint density at radius 3 is 2.46 bits per heavy atom. The van der Waals surface area contributed by atoms with Crippen LogP contribution >= 0.6 is 11.6 Å². The molecule has 41 heavy (non-hydrogen) atoms. The van der Waals surface area contributed by atoms with E-state index < -0.39 is 18.0 Å². The zero-order valence-corrected chi connectivity index (χ0v) is 23.3. The molecule has 1 saturated heterocycles. The van der Waals surface area contributed by atoms with Gasteiger partial charge in [0.15, 0.2) is 5.69 Å². The molecule has 0 amide bonds. The van der Waals surface area contributed by atoms with Crippen LogP contribution in [-0.4, -0.2) is 53.4 Å². The van der Waals surface area contributed by atoms with Gasteiger partial charge in [0.1, 0.15) is 34.4 Å². The number of aryl methyl sites for hydroxylation is 1. The van der Waals surface area contributed by atoms with Gasteiger partial charge in [-0.15, -0.1) is 0 Å². The maximum Gasteiger partial charge on any atom is 0.434 e. The van der Waals surface area contributed by atoms with Crippen molar-refractivity contribution >= 4 is 28.3 Å². The minimum atomic E-state index is -4.52. The molecule has 0 unspecified atom stereocenters. The maximum atomic E-state index is 13.8. The highest BCUT2D eigenvalue weighted by molar-refractivity contribution is 6.33. The van der Waals surface area contributed by atoms with Gasteiger partial charge in [-0.3, -0.25) is 14.3 Å². The standard InChI is InChI=1S/C28H27ClF4N8/c1-4-38-15-22(28(31,32)33)36-27(38)18-7-5-17(6-8-18)12-40-26-21(39-13-19(30)14-39)9-10-34-23(26)24(37-40)25-20(29)11-35-41(25)16(2)3/h5-11,15-16,19H,4,12-14H2,1-3H3. The SMILES string of the molecule is CCn1cc(C(F)(F)F)nc1-c1ccc(Cn2nc(-c3c(Cl)cnn3C(C)C)c3nccc(N4CC(F)C4)c32)cc1. The van der Waals surface area contributed by atoms with E-state index in [1.165, 1.54) is 4.57 Å². The van der Waals surface area contributed by atoms with Crippen molar-refractivity contribution in [2.45, 2.75) is 52.3 Å². The molecule has 0 N–H and O–H groups in total. The highest BCUT2D eigenvalue weighted by atomic mass is 35.5. The summed E-state index contributed by atoms with van der Waals surface area (Å²) in [5.74, 6) is 0.250. The van der Waals surface area contributed by atoms with Crippen LogP contribution in [-0.2, 0) is 19.3 Å². The lowest BCUT2D eigenvalue weighted by molar-refractivity contribution is -0.140. The molecule has 214 valence electrons. The molecule has 4 aromatic heterocycles. The van der Waals surface area contributed by atoms with Crippen molar-refractivity contribution in [3.8, 4) is 22.8 Å². The molecule has 6 rings (SSSR count). The van der Waals surface area contributed by atoms with Crippen molar-refractivity contribution in [2.75, 3.05) is 18.0 Å². The average Bonchev–Trinajstić information content (AvgIpc) is 3.62. The number of imidazole rings is 1. The lowest BCUT2D eigenvalue weighted by Gasteiger charge is -2.36. The first-order valence-corrected chi connectivity index (χ1v) is 13.6. The predicted octanol–water partition coefficient (Wildman–Crippen LogP) is 6.64. The van der Waals surface area contributed by atoms with Gasteiger partial charge in [-0.25, -0.2) is 9.37 Å². The Bertz CT molecular complexity index is 1710. The minimum Gasteiger partial charge on any atom is -0.364 e. The third-order valence-corrected chi connectivity index (χ3v) is 7.48. The zero-order chi connectivity index (χ0) is 29.1. The first-order valence-electron chi connectivity index (χ1n) is 13.3. The van der Waals surface area contributed by atoms with Gasteiger partial charge in [0.25, 0.3) is 0 Å². The Hall–Kier alpha value is -3.93. The van der Waals surface area contributed by atoms with E-state index in [-0.39, 0.29) is 25.0 Å². The van der Waals surface area contributed by atoms with Crippen molar-refractivity contribution in [1.29, 1.82) is 0 Å². The molecule has 13 heteroatoms. The van der Waals surface area contributed by atoms with E-state index in [0.717, 1.165) is 23.0 Å². The number of anilines is 1. The summed E-state index contributed by atoms with van der Waals surface area (Å²) in [6, 6.07) is 9.06. The van der Waals surface area contributed by atoms with Gasteiger partial charge in [-0.1, -0.05) is 35.9 Å². The molecule has 1 fully saturated rings. The lowest BCUT2D eigenvalue weighted by Crippen LogP contribution is -2.48. The number of rotatable bonds is 7. The Labute approximate surface area is 238 Å². The minimum absolute atomic E-state index is 0.0182. The quantitative estimate of drug-likeness (QED) is 0.200. The summed E-state index contributed by atoms with van der Waals surface area (Å²) in [7, 11) is 0. The maximum absolute atomic E-state index is 13.8. The summed E-state index contributed by atoms with van der Waals surface area (Å²) in [5.41, 5.74) is 3.89. The van der Waals surface area contributed by atoms with Crippen molar-refractivity contribution < 1.29 is 17.6 Å². The van der Waals surface area contributed by atoms with Crippen molar-refractivity contribution in [2.24, 2.45) is 0 Å². The molecule has 5 heterocycles. The van der Waals surface area contributed by atoms with E-state index in [1.54, 1.807) is 36.1 Å². The van der Waals surface area contributed by atoms with Crippen molar-refractivity contribution in [3.05, 3.63) is 65.2 Å². The van der Waals surface area contributed by atoms with Gasteiger partial charge in [-0.05, 0) is 32.4 Å². The van der Waals surface area contributed by atoms with E-state index in [4.69, 9.17) is 16.7 Å². The molecular weight excluding hydrogens is 560 g/mol. The van der Waals surface area contributed by atoms with Crippen LogP contribution < -0.4 is 4.90 Å². The number of pyridine rings is 1. The van der Waals surface area contributed by atoms with Crippen molar-refractivity contribution in [1.82, 2.24) is 34.1 Å². The van der Waals surface area contributed by atoms with Crippen LogP contribution in [0, 0.1) is 0 Å². The largest absolute Gasteiger partial charge is 0.434 e. The number of benzene rings is 1. The van der Waals surface area contributed by atoms with Crippen LogP contribution in [0.4, 0.5) is 23.2 Å². The lowest BCUT2D eigenvalue weighted by atomic mass is 10.1. The molecule has 1 aliphatic heterocycles. The second-order valence-electron chi connectivity index (χ2n) is 10.3. The zero-order valence-electron chi connectivity index (χ0n) is 22.6. The normalized spacial score (nSPS) is 14.4. The first-order chi connectivity index (χ1) is 19.5. The topological polar surface area (TPSA) is 69.6 Å². The summed E-state index contributed by atoms with van der Waals surface area (Å²) >= 11 is 6.58. The fraction of sp³-hybridized carbons (Fsp3) is 0.357. The Morgan fingerprint density at radius 1 is 1.10 bits per heavy atom. The highest BCUT2D eigenvalue weighted by Gasteiger charge is 2.35. The van der Waals surface area contributed by atoms with Gasteiger partial charge in [0.05, 0.1) is 36.5 Å². The Kier molecular flexibility index (Phi) is 6.75. The van der Waals surface area contributed by atoms with Crippen LogP contribution in [0.2, 0.25) is 5.02 Å². The highest BCUT2D eigenvalue weighted by Crippen LogP contribution is 2.38. The monoisotopic (exact) mass is 586 g/mol. The van der Waals surface area contributed by atoms with E-state index in [0.29, 0.717) is 40.6 Å². The third-order valence-electron chi connectivity index (χ3n) is 7.20. The molecule has 0 saturated carbocycles. The van der Waals surface area contributed by atoms with Crippen molar-refractivity contribution in [3.63, 3.8) is 0 Å². The van der Waals surface area contributed by atoms with E-state index in [9.17, 15) is 17.6 Å². The molecule has 0 spiro atoms. The Balaban J connectivity index is 1.42. The third kappa shape index (κ3) is 4.83. The summed E-state index contributed by atoms with van der Waals surface area (Å²) in [6.45, 7) is 7.01. The van der Waals surface area contributed by atoms with Crippen LogP contribution in [0.3, 0.4) is 0 Å². The van der Waals surface area contributed by atoms with Gasteiger partial charge < -0.3 is 9.47 Å². The van der Waals surface area contributed by atoms with Gasteiger partial charge in [-0.2, -0.15) is 23.4 Å². The number of alkyl halides is 4. The molecule has 0 bridgehead atoms. The smallest absolute Gasteiger partial charge is 0.364 e. The molecule has 1 aliphatic rings. The fourth-order valence-electron chi connectivity index (χ4n) is 5.15. The molecular formula is C28H27ClF4N8. The van der Waals surface area contributed by atoms with Crippen LogP contribution in [0.5, 0.6) is 0 Å². The number of nitrogens with zero attached hydrogens (tertiary/aromatic N) is 8.